The summed E-state index contributed by atoms with van der Waals surface area (Å²) in [4.78, 5) is 14.5. The lowest BCUT2D eigenvalue weighted by atomic mass is 10.0. The molecule has 3 aromatic rings. The van der Waals surface area contributed by atoms with Gasteiger partial charge in [0, 0.05) is 36.3 Å². The Morgan fingerprint density at radius 3 is 2.86 bits per heavy atom. The molecule has 0 fully saturated rings. The Hall–Kier alpha value is -3.32. The number of amides is 1. The van der Waals surface area contributed by atoms with Crippen LogP contribution in [0.1, 0.15) is 11.3 Å². The van der Waals surface area contributed by atoms with Crippen molar-refractivity contribution in [2.24, 2.45) is 0 Å². The van der Waals surface area contributed by atoms with Crippen LogP contribution in [0.4, 0.5) is 5.69 Å². The summed E-state index contributed by atoms with van der Waals surface area (Å²) in [6.07, 6.45) is 0.728. The van der Waals surface area contributed by atoms with Crippen molar-refractivity contribution < 1.29 is 18.8 Å². The molecular weight excluding hydrogens is 358 g/mol. The molecule has 1 N–H and O–H groups in total. The number of para-hydroxylation sites is 1. The Balaban J connectivity index is 1.32. The molecule has 0 unspecified atom stereocenters. The second-order valence-electron chi connectivity index (χ2n) is 6.88. The molecule has 0 saturated carbocycles. The molecule has 2 aromatic carbocycles. The number of aromatic nitrogens is 1. The number of nitrogens with zero attached hydrogens (tertiary/aromatic N) is 2. The fraction of sp³-hybridized carbons (Fsp3) is 0.238. The van der Waals surface area contributed by atoms with Crippen LogP contribution in [0, 0.1) is 0 Å². The van der Waals surface area contributed by atoms with Crippen LogP contribution in [-0.2, 0) is 17.8 Å². The molecule has 2 aliphatic rings. The molecule has 0 aliphatic carbocycles. The number of hydrogen-bond donors (Lipinski definition) is 1. The molecule has 0 atom stereocenters. The molecule has 0 radical (unpaired) electrons. The molecule has 7 nitrogen and oxygen atoms in total. The summed E-state index contributed by atoms with van der Waals surface area (Å²) in [5.41, 5.74) is 3.54. The normalized spacial score (nSPS) is 15.3. The first kappa shape index (κ1) is 16.8. The third-order valence-corrected chi connectivity index (χ3v) is 4.98. The van der Waals surface area contributed by atoms with Gasteiger partial charge in [-0.15, -0.1) is 0 Å². The van der Waals surface area contributed by atoms with E-state index in [1.807, 2.05) is 48.5 Å². The van der Waals surface area contributed by atoms with E-state index in [1.54, 1.807) is 0 Å². The van der Waals surface area contributed by atoms with Crippen LogP contribution < -0.4 is 14.8 Å². The lowest BCUT2D eigenvalue weighted by Crippen LogP contribution is -2.36. The second kappa shape index (κ2) is 7.01. The van der Waals surface area contributed by atoms with Crippen LogP contribution in [0.25, 0.3) is 11.3 Å². The minimum absolute atomic E-state index is 0.0317. The van der Waals surface area contributed by atoms with Crippen molar-refractivity contribution in [1.29, 1.82) is 0 Å². The molecule has 28 heavy (non-hydrogen) atoms. The summed E-state index contributed by atoms with van der Waals surface area (Å²) in [6, 6.07) is 15.2. The van der Waals surface area contributed by atoms with Crippen molar-refractivity contribution in [1.82, 2.24) is 10.1 Å². The summed E-state index contributed by atoms with van der Waals surface area (Å²) in [5, 5.41) is 7.21. The Bertz CT molecular complexity index is 1020. The van der Waals surface area contributed by atoms with Crippen molar-refractivity contribution in [3.63, 3.8) is 0 Å². The minimum atomic E-state index is -0.0317. The maximum absolute atomic E-state index is 12.4. The molecule has 3 heterocycles. The molecule has 142 valence electrons. The van der Waals surface area contributed by atoms with Gasteiger partial charge in [-0.25, -0.2) is 0 Å². The van der Waals surface area contributed by atoms with E-state index in [9.17, 15) is 4.79 Å². The van der Waals surface area contributed by atoms with Crippen LogP contribution in [0.5, 0.6) is 11.5 Å². The van der Waals surface area contributed by atoms with Gasteiger partial charge in [0.15, 0.2) is 11.5 Å². The van der Waals surface area contributed by atoms with E-state index >= 15 is 0 Å². The zero-order valence-electron chi connectivity index (χ0n) is 15.2. The highest BCUT2D eigenvalue weighted by Crippen LogP contribution is 2.38. The summed E-state index contributed by atoms with van der Waals surface area (Å²) >= 11 is 0. The van der Waals surface area contributed by atoms with Gasteiger partial charge in [-0.2, -0.15) is 0 Å². The quantitative estimate of drug-likeness (QED) is 0.753. The minimum Gasteiger partial charge on any atom is -0.454 e. The third-order valence-electron chi connectivity index (χ3n) is 4.98. The van der Waals surface area contributed by atoms with Crippen LogP contribution in [-0.4, -0.2) is 35.8 Å². The number of rotatable bonds is 4. The molecule has 5 rings (SSSR count). The van der Waals surface area contributed by atoms with E-state index in [1.165, 1.54) is 0 Å². The van der Waals surface area contributed by atoms with Crippen molar-refractivity contribution in [3.05, 3.63) is 59.9 Å². The van der Waals surface area contributed by atoms with Crippen molar-refractivity contribution in [2.75, 3.05) is 25.2 Å². The fourth-order valence-corrected chi connectivity index (χ4v) is 3.60. The van der Waals surface area contributed by atoms with E-state index in [4.69, 9.17) is 14.0 Å². The standard InChI is InChI=1S/C21H19N3O4/c25-20(22-15-4-2-1-3-5-15)12-24-9-8-17-16(11-24)21(23-28-17)14-6-7-18-19(10-14)27-13-26-18/h1-7,10H,8-9,11-13H2,(H,22,25). The molecule has 1 amide bonds. The highest BCUT2D eigenvalue weighted by atomic mass is 16.7. The average Bonchev–Trinajstić information content (AvgIpc) is 3.34. The Labute approximate surface area is 161 Å². The number of fused-ring (bicyclic) bond motifs is 2. The van der Waals surface area contributed by atoms with Crippen molar-refractivity contribution in [2.45, 2.75) is 13.0 Å². The van der Waals surface area contributed by atoms with E-state index in [0.29, 0.717) is 18.8 Å². The summed E-state index contributed by atoms with van der Waals surface area (Å²) in [6.45, 7) is 1.93. The van der Waals surface area contributed by atoms with Gasteiger partial charge in [0.2, 0.25) is 12.7 Å². The molecule has 0 spiro atoms. The van der Waals surface area contributed by atoms with Crippen LogP contribution in [0.15, 0.2) is 53.1 Å². The van der Waals surface area contributed by atoms with Gasteiger partial charge in [0.05, 0.1) is 6.54 Å². The van der Waals surface area contributed by atoms with Gasteiger partial charge >= 0.3 is 0 Å². The maximum Gasteiger partial charge on any atom is 0.238 e. The molecule has 7 heteroatoms. The Kier molecular flexibility index (Phi) is 4.21. The highest BCUT2D eigenvalue weighted by molar-refractivity contribution is 5.92. The number of carbonyl (C=O) groups excluding carboxylic acids is 1. The lowest BCUT2D eigenvalue weighted by molar-refractivity contribution is -0.117. The zero-order valence-corrected chi connectivity index (χ0v) is 15.2. The average molecular weight is 377 g/mol. The lowest BCUT2D eigenvalue weighted by Gasteiger charge is -2.25. The number of hydrogen-bond acceptors (Lipinski definition) is 6. The largest absolute Gasteiger partial charge is 0.454 e. The Morgan fingerprint density at radius 1 is 1.11 bits per heavy atom. The first-order valence-electron chi connectivity index (χ1n) is 9.21. The molecule has 2 aliphatic heterocycles. The molecule has 0 saturated heterocycles. The number of carbonyl (C=O) groups is 1. The van der Waals surface area contributed by atoms with Gasteiger partial charge in [-0.05, 0) is 30.3 Å². The predicted octanol–water partition coefficient (Wildman–Crippen LogP) is 3.07. The number of ether oxygens (including phenoxy) is 2. The SMILES string of the molecule is O=C(CN1CCc2onc(-c3ccc4c(c3)OCO4)c2C1)Nc1ccccc1. The molecule has 1 aromatic heterocycles. The molecular formula is C21H19N3O4. The van der Waals surface area contributed by atoms with Gasteiger partial charge in [0.25, 0.3) is 0 Å². The van der Waals surface area contributed by atoms with Crippen LogP contribution >= 0.6 is 0 Å². The summed E-state index contributed by atoms with van der Waals surface area (Å²) in [7, 11) is 0. The number of anilines is 1. The van der Waals surface area contributed by atoms with Gasteiger partial charge in [-0.1, -0.05) is 23.4 Å². The predicted molar refractivity (Wildman–Crippen MR) is 102 cm³/mol. The highest BCUT2D eigenvalue weighted by Gasteiger charge is 2.27. The summed E-state index contributed by atoms with van der Waals surface area (Å²) < 4.78 is 16.4. The van der Waals surface area contributed by atoms with Crippen molar-refractivity contribution >= 4 is 11.6 Å². The van der Waals surface area contributed by atoms with Crippen LogP contribution in [0.2, 0.25) is 0 Å². The number of nitrogens with one attached hydrogen (secondary N) is 1. The topological polar surface area (TPSA) is 76.8 Å². The smallest absolute Gasteiger partial charge is 0.238 e. The first-order valence-corrected chi connectivity index (χ1v) is 9.21. The molecule has 0 bridgehead atoms. The van der Waals surface area contributed by atoms with E-state index in [-0.39, 0.29) is 12.7 Å². The zero-order chi connectivity index (χ0) is 18.9. The van der Waals surface area contributed by atoms with Gasteiger partial charge in [0.1, 0.15) is 11.5 Å². The van der Waals surface area contributed by atoms with Gasteiger partial charge < -0.3 is 19.3 Å². The second-order valence-corrected chi connectivity index (χ2v) is 6.88. The van der Waals surface area contributed by atoms with E-state index in [0.717, 1.165) is 47.0 Å². The van der Waals surface area contributed by atoms with Gasteiger partial charge in [-0.3, -0.25) is 9.69 Å². The monoisotopic (exact) mass is 377 g/mol. The maximum atomic E-state index is 12.4. The first-order chi connectivity index (χ1) is 13.8. The summed E-state index contributed by atoms with van der Waals surface area (Å²) in [5.74, 6) is 2.30. The van der Waals surface area contributed by atoms with E-state index in [2.05, 4.69) is 15.4 Å². The van der Waals surface area contributed by atoms with E-state index < -0.39 is 0 Å². The fourth-order valence-electron chi connectivity index (χ4n) is 3.60. The van der Waals surface area contributed by atoms with Crippen molar-refractivity contribution in [3.8, 4) is 22.8 Å². The third kappa shape index (κ3) is 3.20. The van der Waals surface area contributed by atoms with Crippen LogP contribution in [0.3, 0.4) is 0 Å². The Morgan fingerprint density at radius 2 is 1.96 bits per heavy atom. The number of benzene rings is 2.